The van der Waals surface area contributed by atoms with E-state index >= 15 is 0 Å². The SMILES string of the molecule is Cc1nnc(N2CC[C@@H]3OCc4cccc(c4)Oc4ccc(cc4)CCC(=O)N(CCCO)CC(=O)N[C@H]3C2)s1. The van der Waals surface area contributed by atoms with E-state index in [-0.39, 0.29) is 43.5 Å². The molecule has 1 fully saturated rings. The molecule has 40 heavy (non-hydrogen) atoms. The minimum absolute atomic E-state index is 0.0532. The first-order chi connectivity index (χ1) is 19.5. The highest BCUT2D eigenvalue weighted by molar-refractivity contribution is 7.15. The summed E-state index contributed by atoms with van der Waals surface area (Å²) in [5.74, 6) is 1.05. The number of piperidine rings is 1. The zero-order valence-corrected chi connectivity index (χ0v) is 23.4. The lowest BCUT2D eigenvalue weighted by Gasteiger charge is -2.38. The van der Waals surface area contributed by atoms with Crippen molar-refractivity contribution in [2.24, 2.45) is 0 Å². The predicted octanol–water partition coefficient (Wildman–Crippen LogP) is 3.08. The summed E-state index contributed by atoms with van der Waals surface area (Å²) in [7, 11) is 0. The molecule has 1 aromatic heterocycles. The van der Waals surface area contributed by atoms with Gasteiger partial charge in [-0.05, 0) is 61.6 Å². The van der Waals surface area contributed by atoms with Crippen LogP contribution in [0.4, 0.5) is 5.13 Å². The summed E-state index contributed by atoms with van der Waals surface area (Å²) >= 11 is 1.52. The van der Waals surface area contributed by atoms with Gasteiger partial charge in [-0.1, -0.05) is 35.6 Å². The van der Waals surface area contributed by atoms with Gasteiger partial charge in [0, 0.05) is 32.7 Å². The van der Waals surface area contributed by atoms with Crippen molar-refractivity contribution in [3.8, 4) is 11.5 Å². The number of fused-ring (bicyclic) bond motifs is 9. The number of aromatic nitrogens is 2. The molecule has 4 heterocycles. The summed E-state index contributed by atoms with van der Waals surface area (Å²) < 4.78 is 12.5. The maximum atomic E-state index is 13.3. The Morgan fingerprint density at radius 2 is 1.93 bits per heavy atom. The third kappa shape index (κ3) is 7.35. The zero-order chi connectivity index (χ0) is 27.9. The molecule has 10 nitrogen and oxygen atoms in total. The number of aryl methyl sites for hydroxylation is 2. The van der Waals surface area contributed by atoms with Gasteiger partial charge in [0.2, 0.25) is 16.9 Å². The van der Waals surface area contributed by atoms with E-state index < -0.39 is 0 Å². The monoisotopic (exact) mass is 565 g/mol. The second kappa shape index (κ2) is 13.2. The molecule has 3 aromatic rings. The van der Waals surface area contributed by atoms with Crippen molar-refractivity contribution in [3.05, 3.63) is 64.7 Å². The average Bonchev–Trinajstić information content (AvgIpc) is 3.40. The second-order valence-electron chi connectivity index (χ2n) is 10.1. The summed E-state index contributed by atoms with van der Waals surface area (Å²) in [4.78, 5) is 30.1. The van der Waals surface area contributed by atoms with Crippen LogP contribution in [0.2, 0.25) is 0 Å². The number of rotatable bonds is 4. The molecule has 2 amide bonds. The number of aliphatic hydroxyl groups excluding tert-OH is 1. The molecular formula is C29H35N5O5S. The zero-order valence-electron chi connectivity index (χ0n) is 22.6. The minimum Gasteiger partial charge on any atom is -0.457 e. The number of carbonyl (C=O) groups excluding carboxylic acids is 2. The van der Waals surface area contributed by atoms with Crippen molar-refractivity contribution < 1.29 is 24.2 Å². The summed E-state index contributed by atoms with van der Waals surface area (Å²) in [6, 6.07) is 15.2. The van der Waals surface area contributed by atoms with Gasteiger partial charge in [0.25, 0.3) is 0 Å². The van der Waals surface area contributed by atoms with E-state index in [0.717, 1.165) is 27.8 Å². The smallest absolute Gasteiger partial charge is 0.239 e. The number of benzene rings is 2. The van der Waals surface area contributed by atoms with Crippen molar-refractivity contribution >= 4 is 28.3 Å². The number of aliphatic hydroxyl groups is 1. The molecule has 0 spiro atoms. The molecule has 0 radical (unpaired) electrons. The van der Waals surface area contributed by atoms with Gasteiger partial charge in [-0.2, -0.15) is 0 Å². The first-order valence-corrected chi connectivity index (χ1v) is 14.5. The fraction of sp³-hybridized carbons (Fsp3) is 0.448. The first-order valence-electron chi connectivity index (χ1n) is 13.7. The molecule has 2 N–H and O–H groups in total. The van der Waals surface area contributed by atoms with Gasteiger partial charge >= 0.3 is 0 Å². The maximum Gasteiger partial charge on any atom is 0.239 e. The predicted molar refractivity (Wildman–Crippen MR) is 152 cm³/mol. The molecule has 1 saturated heterocycles. The number of hydrogen-bond donors (Lipinski definition) is 2. The van der Waals surface area contributed by atoms with Crippen LogP contribution in [0.15, 0.2) is 48.5 Å². The Hall–Kier alpha value is -3.54. The van der Waals surface area contributed by atoms with Crippen LogP contribution in [0, 0.1) is 6.92 Å². The largest absolute Gasteiger partial charge is 0.457 e. The molecular weight excluding hydrogens is 530 g/mol. The van der Waals surface area contributed by atoms with Crippen LogP contribution in [0.5, 0.6) is 11.5 Å². The van der Waals surface area contributed by atoms with Crippen LogP contribution in [-0.2, 0) is 27.4 Å². The van der Waals surface area contributed by atoms with Crippen molar-refractivity contribution in [3.63, 3.8) is 0 Å². The highest BCUT2D eigenvalue weighted by Gasteiger charge is 2.33. The van der Waals surface area contributed by atoms with E-state index in [9.17, 15) is 14.7 Å². The Balaban J connectivity index is 1.39. The number of amides is 2. The third-order valence-electron chi connectivity index (χ3n) is 7.10. The summed E-state index contributed by atoms with van der Waals surface area (Å²) in [5.41, 5.74) is 1.98. The van der Waals surface area contributed by atoms with Crippen LogP contribution in [0.3, 0.4) is 0 Å². The number of hydrogen-bond acceptors (Lipinski definition) is 9. The number of nitrogens with one attached hydrogen (secondary N) is 1. The number of carbonyl (C=O) groups is 2. The third-order valence-corrected chi connectivity index (χ3v) is 8.00. The molecule has 0 aliphatic carbocycles. The molecule has 11 heteroatoms. The fourth-order valence-corrected chi connectivity index (χ4v) is 5.73. The highest BCUT2D eigenvalue weighted by Crippen LogP contribution is 2.27. The Kier molecular flexibility index (Phi) is 9.25. The van der Waals surface area contributed by atoms with Crippen LogP contribution in [-0.4, -0.2) is 76.9 Å². The van der Waals surface area contributed by atoms with Crippen LogP contribution in [0.1, 0.15) is 35.4 Å². The Morgan fingerprint density at radius 3 is 2.70 bits per heavy atom. The number of anilines is 1. The molecule has 6 rings (SSSR count). The van der Waals surface area contributed by atoms with Crippen molar-refractivity contribution in [1.82, 2.24) is 20.4 Å². The lowest BCUT2D eigenvalue weighted by molar-refractivity contribution is -0.137. The molecule has 4 bridgehead atoms. The van der Waals surface area contributed by atoms with E-state index in [2.05, 4.69) is 20.4 Å². The summed E-state index contributed by atoms with van der Waals surface area (Å²) in [5, 5.41) is 22.7. The molecule has 2 atom stereocenters. The number of nitrogens with zero attached hydrogens (tertiary/aromatic N) is 4. The van der Waals surface area contributed by atoms with Crippen LogP contribution < -0.4 is 15.0 Å². The Bertz CT molecular complexity index is 1300. The normalized spacial score (nSPS) is 20.6. The maximum absolute atomic E-state index is 13.3. The minimum atomic E-state index is -0.308. The van der Waals surface area contributed by atoms with Crippen molar-refractivity contribution in [2.45, 2.75) is 51.4 Å². The molecule has 0 saturated carbocycles. The molecule has 3 aliphatic heterocycles. The van der Waals surface area contributed by atoms with E-state index in [1.807, 2.05) is 55.5 Å². The van der Waals surface area contributed by atoms with Gasteiger partial charge in [-0.15, -0.1) is 10.2 Å². The summed E-state index contributed by atoms with van der Waals surface area (Å²) in [6.45, 7) is 3.72. The van der Waals surface area contributed by atoms with E-state index in [1.54, 1.807) is 0 Å². The van der Waals surface area contributed by atoms with E-state index in [4.69, 9.17) is 9.47 Å². The Morgan fingerprint density at radius 1 is 1.07 bits per heavy atom. The number of ether oxygens (including phenoxy) is 2. The van der Waals surface area contributed by atoms with Gasteiger partial charge in [-0.3, -0.25) is 9.59 Å². The van der Waals surface area contributed by atoms with Gasteiger partial charge in [0.05, 0.1) is 25.3 Å². The lowest BCUT2D eigenvalue weighted by Crippen LogP contribution is -2.57. The lowest BCUT2D eigenvalue weighted by atomic mass is 10.0. The van der Waals surface area contributed by atoms with Crippen molar-refractivity contribution in [1.29, 1.82) is 0 Å². The highest BCUT2D eigenvalue weighted by atomic mass is 32.1. The van der Waals surface area contributed by atoms with Gasteiger partial charge in [-0.25, -0.2) is 0 Å². The van der Waals surface area contributed by atoms with E-state index in [0.29, 0.717) is 50.5 Å². The van der Waals surface area contributed by atoms with Crippen LogP contribution >= 0.6 is 11.3 Å². The Labute approximate surface area is 237 Å². The average molecular weight is 566 g/mol. The molecule has 2 aromatic carbocycles. The van der Waals surface area contributed by atoms with Gasteiger partial charge < -0.3 is 29.7 Å². The fourth-order valence-electron chi connectivity index (χ4n) is 5.01. The van der Waals surface area contributed by atoms with Crippen LogP contribution in [0.25, 0.3) is 0 Å². The summed E-state index contributed by atoms with van der Waals surface area (Å²) in [6.07, 6.45) is 1.68. The van der Waals surface area contributed by atoms with Gasteiger partial charge in [0.15, 0.2) is 0 Å². The van der Waals surface area contributed by atoms with E-state index in [1.165, 1.54) is 16.2 Å². The molecule has 0 unspecified atom stereocenters. The van der Waals surface area contributed by atoms with Crippen molar-refractivity contribution in [2.75, 3.05) is 37.7 Å². The molecule has 3 aliphatic rings. The second-order valence-corrected chi connectivity index (χ2v) is 11.3. The topological polar surface area (TPSA) is 117 Å². The van der Waals surface area contributed by atoms with Gasteiger partial charge in [0.1, 0.15) is 16.5 Å². The first kappa shape index (κ1) is 28.0. The molecule has 212 valence electrons. The standard InChI is InChI=1S/C29H35N5O5S/c1-20-31-32-29(40-20)34-14-12-26-25(17-34)30-27(36)18-33(13-3-15-35)28(37)11-8-21-6-9-23(10-7-21)39-24-5-2-4-22(16-24)19-38-26/h2,4-7,9-10,16,25-26,35H,3,8,11-15,17-19H2,1H3,(H,30,36)/t25-,26-/m0/s1. The quantitative estimate of drug-likeness (QED) is 0.496.